The molecule has 0 aliphatic carbocycles. The highest BCUT2D eigenvalue weighted by molar-refractivity contribution is 8.00. The Labute approximate surface area is 158 Å². The molecule has 0 heterocycles. The van der Waals surface area contributed by atoms with E-state index in [1.165, 1.54) is 17.3 Å². The molecular weight excluding hydrogens is 340 g/mol. The first kappa shape index (κ1) is 18.1. The molecule has 4 heteroatoms. The van der Waals surface area contributed by atoms with Crippen molar-refractivity contribution in [1.82, 2.24) is 5.32 Å². The summed E-state index contributed by atoms with van der Waals surface area (Å²) in [6.45, 7) is 0.620. The van der Waals surface area contributed by atoms with Gasteiger partial charge in [-0.2, -0.15) is 0 Å². The summed E-state index contributed by atoms with van der Waals surface area (Å²) in [4.78, 5) is 13.9. The number of rotatable bonds is 7. The molecule has 0 aromatic heterocycles. The molecule has 0 fully saturated rings. The number of hydrogen-bond donors (Lipinski definition) is 2. The molecular formula is C22H22N2OS. The van der Waals surface area contributed by atoms with Crippen molar-refractivity contribution < 1.29 is 4.79 Å². The summed E-state index contributed by atoms with van der Waals surface area (Å²) >= 11 is 1.54. The molecule has 26 heavy (non-hydrogen) atoms. The van der Waals surface area contributed by atoms with Crippen molar-refractivity contribution in [2.75, 3.05) is 12.3 Å². The Morgan fingerprint density at radius 1 is 0.885 bits per heavy atom. The predicted octanol–water partition coefficient (Wildman–Crippen LogP) is 4.46. The van der Waals surface area contributed by atoms with Crippen LogP contribution in [-0.4, -0.2) is 12.5 Å². The van der Waals surface area contributed by atoms with E-state index >= 15 is 0 Å². The van der Waals surface area contributed by atoms with Crippen LogP contribution in [0.4, 0.5) is 5.69 Å². The number of hydrogen-bond acceptors (Lipinski definition) is 3. The fraction of sp³-hybridized carbons (Fsp3) is 0.136. The van der Waals surface area contributed by atoms with E-state index in [1.807, 2.05) is 72.8 Å². The molecule has 1 unspecified atom stereocenters. The van der Waals surface area contributed by atoms with Crippen LogP contribution in [0.15, 0.2) is 89.8 Å². The Kier molecular flexibility index (Phi) is 6.34. The van der Waals surface area contributed by atoms with Gasteiger partial charge < -0.3 is 11.1 Å². The lowest BCUT2D eigenvalue weighted by molar-refractivity contribution is -0.120. The van der Waals surface area contributed by atoms with Crippen molar-refractivity contribution in [3.63, 3.8) is 0 Å². The molecule has 3 N–H and O–H groups in total. The van der Waals surface area contributed by atoms with Crippen LogP contribution in [0.3, 0.4) is 0 Å². The lowest BCUT2D eigenvalue weighted by Crippen LogP contribution is -2.29. The molecule has 0 saturated heterocycles. The van der Waals surface area contributed by atoms with Gasteiger partial charge in [0.2, 0.25) is 5.91 Å². The van der Waals surface area contributed by atoms with Crippen LogP contribution in [0.2, 0.25) is 0 Å². The molecule has 0 aliphatic heterocycles. The topological polar surface area (TPSA) is 55.1 Å². The zero-order chi connectivity index (χ0) is 18.2. The van der Waals surface area contributed by atoms with E-state index < -0.39 is 0 Å². The number of nitrogen functional groups attached to an aromatic ring is 1. The van der Waals surface area contributed by atoms with E-state index in [4.69, 9.17) is 5.73 Å². The van der Waals surface area contributed by atoms with E-state index in [-0.39, 0.29) is 11.2 Å². The standard InChI is InChI=1S/C22H22N2OS/c23-19-11-13-20(14-12-19)26-21(18-9-5-2-6-10-18)22(25)24-16-15-17-7-3-1-4-8-17/h1-14,21H,15-16,23H2,(H,24,25). The van der Waals surface area contributed by atoms with Crippen LogP contribution >= 0.6 is 11.8 Å². The third kappa shape index (κ3) is 5.14. The van der Waals surface area contributed by atoms with Crippen molar-refractivity contribution in [1.29, 1.82) is 0 Å². The number of thioether (sulfide) groups is 1. The summed E-state index contributed by atoms with van der Waals surface area (Å²) in [5.41, 5.74) is 8.69. The minimum atomic E-state index is -0.296. The van der Waals surface area contributed by atoms with Gasteiger partial charge in [-0.1, -0.05) is 60.7 Å². The van der Waals surface area contributed by atoms with Gasteiger partial charge in [0, 0.05) is 17.1 Å². The van der Waals surface area contributed by atoms with Crippen LogP contribution in [0, 0.1) is 0 Å². The largest absolute Gasteiger partial charge is 0.399 e. The highest BCUT2D eigenvalue weighted by atomic mass is 32.2. The van der Waals surface area contributed by atoms with Gasteiger partial charge in [-0.25, -0.2) is 0 Å². The zero-order valence-electron chi connectivity index (χ0n) is 14.5. The van der Waals surface area contributed by atoms with Crippen molar-refractivity contribution >= 4 is 23.4 Å². The first-order valence-electron chi connectivity index (χ1n) is 8.61. The monoisotopic (exact) mass is 362 g/mol. The van der Waals surface area contributed by atoms with E-state index in [2.05, 4.69) is 17.4 Å². The fourth-order valence-electron chi connectivity index (χ4n) is 2.65. The summed E-state index contributed by atoms with van der Waals surface area (Å²) in [7, 11) is 0. The lowest BCUT2D eigenvalue weighted by atomic mass is 10.1. The highest BCUT2D eigenvalue weighted by Crippen LogP contribution is 2.35. The number of nitrogens with two attached hydrogens (primary N) is 1. The molecule has 0 radical (unpaired) electrons. The first-order chi connectivity index (χ1) is 12.7. The Morgan fingerprint density at radius 2 is 1.50 bits per heavy atom. The van der Waals surface area contributed by atoms with E-state index in [1.54, 1.807) is 0 Å². The normalized spacial score (nSPS) is 11.7. The molecule has 0 bridgehead atoms. The minimum Gasteiger partial charge on any atom is -0.399 e. The molecule has 3 aromatic carbocycles. The molecule has 3 aromatic rings. The van der Waals surface area contributed by atoms with Crippen molar-refractivity contribution in [2.24, 2.45) is 0 Å². The summed E-state index contributed by atoms with van der Waals surface area (Å²) in [6.07, 6.45) is 0.820. The van der Waals surface area contributed by atoms with Gasteiger partial charge in [0.05, 0.1) is 0 Å². The van der Waals surface area contributed by atoms with Gasteiger partial charge in [0.25, 0.3) is 0 Å². The van der Waals surface area contributed by atoms with E-state index in [9.17, 15) is 4.79 Å². The minimum absolute atomic E-state index is 0.0222. The molecule has 3 rings (SSSR count). The molecule has 0 spiro atoms. The third-order valence-corrected chi connectivity index (χ3v) is 5.30. The molecule has 1 atom stereocenters. The SMILES string of the molecule is Nc1ccc(SC(C(=O)NCCc2ccccc2)c2ccccc2)cc1. The van der Waals surface area contributed by atoms with Crippen LogP contribution in [0.1, 0.15) is 16.4 Å². The van der Waals surface area contributed by atoms with Gasteiger partial charge in [-0.05, 0) is 41.8 Å². The Hall–Kier alpha value is -2.72. The molecule has 0 aliphatic rings. The van der Waals surface area contributed by atoms with Gasteiger partial charge in [-0.15, -0.1) is 11.8 Å². The van der Waals surface area contributed by atoms with Crippen molar-refractivity contribution in [3.8, 4) is 0 Å². The summed E-state index contributed by atoms with van der Waals surface area (Å²) in [5, 5.41) is 2.78. The number of anilines is 1. The number of nitrogens with one attached hydrogen (secondary N) is 1. The molecule has 3 nitrogen and oxygen atoms in total. The quantitative estimate of drug-likeness (QED) is 0.482. The van der Waals surface area contributed by atoms with Gasteiger partial charge in [-0.3, -0.25) is 4.79 Å². The van der Waals surface area contributed by atoms with Crippen LogP contribution < -0.4 is 11.1 Å². The van der Waals surface area contributed by atoms with Gasteiger partial charge >= 0.3 is 0 Å². The predicted molar refractivity (Wildman–Crippen MR) is 109 cm³/mol. The molecule has 132 valence electrons. The Morgan fingerprint density at radius 3 is 2.15 bits per heavy atom. The summed E-state index contributed by atoms with van der Waals surface area (Å²) in [6, 6.07) is 27.7. The number of carbonyl (C=O) groups is 1. The average Bonchev–Trinajstić information content (AvgIpc) is 2.69. The van der Waals surface area contributed by atoms with Gasteiger partial charge in [0.1, 0.15) is 5.25 Å². The second-order valence-electron chi connectivity index (χ2n) is 6.00. The third-order valence-electron chi connectivity index (χ3n) is 4.03. The second kappa shape index (κ2) is 9.11. The number of amides is 1. The molecule has 1 amide bonds. The maximum Gasteiger partial charge on any atom is 0.238 e. The number of carbonyl (C=O) groups excluding carboxylic acids is 1. The van der Waals surface area contributed by atoms with Crippen molar-refractivity contribution in [2.45, 2.75) is 16.6 Å². The van der Waals surface area contributed by atoms with E-state index in [0.29, 0.717) is 6.54 Å². The van der Waals surface area contributed by atoms with Gasteiger partial charge in [0.15, 0.2) is 0 Å². The lowest BCUT2D eigenvalue weighted by Gasteiger charge is -2.17. The smallest absolute Gasteiger partial charge is 0.238 e. The van der Waals surface area contributed by atoms with Crippen LogP contribution in [-0.2, 0) is 11.2 Å². The Bertz CT molecular complexity index is 820. The highest BCUT2D eigenvalue weighted by Gasteiger charge is 2.21. The maximum absolute atomic E-state index is 12.8. The second-order valence-corrected chi connectivity index (χ2v) is 7.18. The fourth-order valence-corrected chi connectivity index (χ4v) is 3.70. The van der Waals surface area contributed by atoms with Crippen LogP contribution in [0.25, 0.3) is 0 Å². The van der Waals surface area contributed by atoms with E-state index in [0.717, 1.165) is 22.6 Å². The summed E-state index contributed by atoms with van der Waals surface area (Å²) < 4.78 is 0. The van der Waals surface area contributed by atoms with Crippen LogP contribution in [0.5, 0.6) is 0 Å². The average molecular weight is 362 g/mol. The summed E-state index contributed by atoms with van der Waals surface area (Å²) in [5.74, 6) is 0.0222. The first-order valence-corrected chi connectivity index (χ1v) is 9.49. The molecule has 0 saturated carbocycles. The Balaban J connectivity index is 1.68. The van der Waals surface area contributed by atoms with Crippen molar-refractivity contribution in [3.05, 3.63) is 96.1 Å². The number of benzene rings is 3. The maximum atomic E-state index is 12.8. The zero-order valence-corrected chi connectivity index (χ0v) is 15.3.